The van der Waals surface area contributed by atoms with Crippen molar-refractivity contribution < 1.29 is 31.5 Å². The van der Waals surface area contributed by atoms with Gasteiger partial charge in [-0.25, -0.2) is 17.6 Å². The fraction of sp³-hybridized carbons (Fsp3) is 0.348. The number of anilines is 1. The molecular weight excluding hydrogens is 456 g/mol. The number of rotatable bonds is 6. The van der Waals surface area contributed by atoms with E-state index >= 15 is 0 Å². The zero-order chi connectivity index (χ0) is 24.5. The topological polar surface area (TPSA) is 85.3 Å². The van der Waals surface area contributed by atoms with Crippen LogP contribution in [0.1, 0.15) is 36.3 Å². The molecule has 0 spiro atoms. The fourth-order valence-electron chi connectivity index (χ4n) is 4.02. The molecule has 0 aliphatic carbocycles. The maximum atomic E-state index is 14.6. The molecule has 1 N–H and O–H groups in total. The minimum Gasteiger partial charge on any atom is -0.619 e. The van der Waals surface area contributed by atoms with Crippen LogP contribution in [0.15, 0.2) is 53.4 Å². The molecule has 180 valence electrons. The van der Waals surface area contributed by atoms with Crippen LogP contribution >= 0.6 is 0 Å². The van der Waals surface area contributed by atoms with Gasteiger partial charge in [0.2, 0.25) is 5.91 Å². The second-order valence-corrected chi connectivity index (χ2v) is 8.30. The van der Waals surface area contributed by atoms with Crippen molar-refractivity contribution in [3.8, 4) is 0 Å². The van der Waals surface area contributed by atoms with Crippen LogP contribution in [0.4, 0.5) is 23.4 Å². The molecule has 0 unspecified atom stereocenters. The number of nitrogens with zero attached hydrogens (tertiary/aromatic N) is 3. The lowest BCUT2D eigenvalue weighted by molar-refractivity contribution is -0.605. The summed E-state index contributed by atoms with van der Waals surface area (Å²) in [4.78, 5) is 18.5. The number of amides is 1. The number of carbonyl (C=O) groups is 1. The van der Waals surface area contributed by atoms with E-state index in [4.69, 9.17) is 4.42 Å². The van der Waals surface area contributed by atoms with E-state index in [1.54, 1.807) is 11.8 Å². The Kier molecular flexibility index (Phi) is 6.56. The molecule has 0 saturated carbocycles. The van der Waals surface area contributed by atoms with Crippen LogP contribution in [-0.4, -0.2) is 40.8 Å². The number of piperidine rings is 1. The van der Waals surface area contributed by atoms with Crippen LogP contribution in [-0.2, 0) is 11.2 Å². The first-order valence-electron chi connectivity index (χ1n) is 10.6. The van der Waals surface area contributed by atoms with E-state index in [0.29, 0.717) is 15.9 Å². The number of pyridine rings is 1. The maximum Gasteiger partial charge on any atom is 0.257 e. The first kappa shape index (κ1) is 23.7. The van der Waals surface area contributed by atoms with Crippen LogP contribution in [0, 0.1) is 16.8 Å². The van der Waals surface area contributed by atoms with E-state index in [0.717, 1.165) is 18.2 Å². The van der Waals surface area contributed by atoms with Gasteiger partial charge in [-0.3, -0.25) is 9.69 Å². The molecule has 0 bridgehead atoms. The SMILES string of the molecule is C[C@@H](C(=O)Nc1coc(Cc2cc(F)cc(F)c2)n1)N1CCC(F)(F)[C@@H](c2cc[n+]([O-])cc2)C1. The molecule has 3 aromatic rings. The lowest BCUT2D eigenvalue weighted by Gasteiger charge is -2.40. The van der Waals surface area contributed by atoms with Crippen molar-refractivity contribution >= 4 is 11.7 Å². The average molecular weight is 478 g/mol. The third-order valence-corrected chi connectivity index (χ3v) is 5.90. The van der Waals surface area contributed by atoms with Gasteiger partial charge in [0.1, 0.15) is 17.9 Å². The van der Waals surface area contributed by atoms with Gasteiger partial charge in [-0.05, 0) is 30.2 Å². The number of nitrogens with one attached hydrogen (secondary N) is 1. The first-order valence-corrected chi connectivity index (χ1v) is 10.6. The molecule has 2 aromatic heterocycles. The summed E-state index contributed by atoms with van der Waals surface area (Å²) in [6.07, 6.45) is 3.12. The van der Waals surface area contributed by atoms with Gasteiger partial charge in [-0.15, -0.1) is 0 Å². The Hall–Kier alpha value is -3.47. The number of carbonyl (C=O) groups excluding carboxylic acids is 1. The van der Waals surface area contributed by atoms with Gasteiger partial charge in [0.05, 0.1) is 12.0 Å². The van der Waals surface area contributed by atoms with Gasteiger partial charge in [0.25, 0.3) is 5.92 Å². The second-order valence-electron chi connectivity index (χ2n) is 8.30. The van der Waals surface area contributed by atoms with Gasteiger partial charge in [-0.1, -0.05) is 0 Å². The van der Waals surface area contributed by atoms with Crippen LogP contribution in [0.5, 0.6) is 0 Å². The molecule has 1 aliphatic rings. The summed E-state index contributed by atoms with van der Waals surface area (Å²) in [5, 5.41) is 13.8. The molecule has 4 rings (SSSR count). The largest absolute Gasteiger partial charge is 0.619 e. The van der Waals surface area contributed by atoms with Crippen molar-refractivity contribution in [2.24, 2.45) is 0 Å². The van der Waals surface area contributed by atoms with E-state index in [9.17, 15) is 27.6 Å². The minimum atomic E-state index is -2.97. The molecule has 2 atom stereocenters. The zero-order valence-electron chi connectivity index (χ0n) is 18.2. The maximum absolute atomic E-state index is 14.6. The Labute approximate surface area is 192 Å². The Bertz CT molecular complexity index is 1150. The summed E-state index contributed by atoms with van der Waals surface area (Å²) < 4.78 is 61.7. The monoisotopic (exact) mass is 478 g/mol. The summed E-state index contributed by atoms with van der Waals surface area (Å²) in [6.45, 7) is 1.55. The normalized spacial score (nSPS) is 19.0. The van der Waals surface area contributed by atoms with Crippen molar-refractivity contribution in [2.45, 2.75) is 37.6 Å². The lowest BCUT2D eigenvalue weighted by atomic mass is 9.87. The molecule has 1 amide bonds. The highest BCUT2D eigenvalue weighted by molar-refractivity contribution is 5.93. The number of hydrogen-bond donors (Lipinski definition) is 1. The Balaban J connectivity index is 1.40. The summed E-state index contributed by atoms with van der Waals surface area (Å²) in [5.41, 5.74) is 0.638. The second kappa shape index (κ2) is 9.41. The zero-order valence-corrected chi connectivity index (χ0v) is 18.2. The summed E-state index contributed by atoms with van der Waals surface area (Å²) in [5.74, 6) is -5.81. The fourth-order valence-corrected chi connectivity index (χ4v) is 4.02. The molecule has 0 radical (unpaired) electrons. The molecule has 7 nitrogen and oxygen atoms in total. The minimum absolute atomic E-state index is 0.0156. The van der Waals surface area contributed by atoms with E-state index in [1.807, 2.05) is 0 Å². The first-order chi connectivity index (χ1) is 16.1. The van der Waals surface area contributed by atoms with Crippen LogP contribution in [0.2, 0.25) is 0 Å². The third kappa shape index (κ3) is 5.36. The predicted octanol–water partition coefficient (Wildman–Crippen LogP) is 3.63. The van der Waals surface area contributed by atoms with Gasteiger partial charge < -0.3 is 14.9 Å². The molecule has 1 aliphatic heterocycles. The van der Waals surface area contributed by atoms with Gasteiger partial charge in [0.15, 0.2) is 24.1 Å². The Morgan fingerprint density at radius 2 is 1.97 bits per heavy atom. The number of halogens is 4. The molecular formula is C23H22F4N4O3. The summed E-state index contributed by atoms with van der Waals surface area (Å²) in [6, 6.07) is 5.04. The van der Waals surface area contributed by atoms with E-state index in [-0.39, 0.29) is 31.2 Å². The summed E-state index contributed by atoms with van der Waals surface area (Å²) >= 11 is 0. The highest BCUT2D eigenvalue weighted by Crippen LogP contribution is 2.40. The molecule has 1 saturated heterocycles. The lowest BCUT2D eigenvalue weighted by Crippen LogP contribution is -2.52. The molecule has 1 fully saturated rings. The third-order valence-electron chi connectivity index (χ3n) is 5.90. The Morgan fingerprint density at radius 3 is 2.65 bits per heavy atom. The van der Waals surface area contributed by atoms with Crippen LogP contribution in [0.25, 0.3) is 0 Å². The smallest absolute Gasteiger partial charge is 0.257 e. The highest BCUT2D eigenvalue weighted by Gasteiger charge is 2.46. The van der Waals surface area contributed by atoms with Gasteiger partial charge in [-0.2, -0.15) is 9.71 Å². The van der Waals surface area contributed by atoms with Crippen molar-refractivity contribution in [2.75, 3.05) is 18.4 Å². The van der Waals surface area contributed by atoms with Crippen molar-refractivity contribution in [3.63, 3.8) is 0 Å². The van der Waals surface area contributed by atoms with E-state index in [1.165, 1.54) is 30.8 Å². The van der Waals surface area contributed by atoms with Crippen LogP contribution < -0.4 is 10.0 Å². The molecule has 3 heterocycles. The number of aromatic nitrogens is 2. The predicted molar refractivity (Wildman–Crippen MR) is 113 cm³/mol. The van der Waals surface area contributed by atoms with Crippen LogP contribution in [0.3, 0.4) is 0 Å². The van der Waals surface area contributed by atoms with Crippen molar-refractivity contribution in [3.05, 3.63) is 82.8 Å². The quantitative estimate of drug-likeness (QED) is 0.332. The number of benzene rings is 1. The molecule has 1 aromatic carbocycles. The number of likely N-dealkylation sites (tertiary alicyclic amines) is 1. The van der Waals surface area contributed by atoms with Gasteiger partial charge >= 0.3 is 0 Å². The number of hydrogen-bond acceptors (Lipinski definition) is 5. The average Bonchev–Trinajstić information content (AvgIpc) is 3.19. The highest BCUT2D eigenvalue weighted by atomic mass is 19.3. The molecule has 34 heavy (non-hydrogen) atoms. The van der Waals surface area contributed by atoms with Crippen molar-refractivity contribution in [1.82, 2.24) is 9.88 Å². The standard InChI is InChI=1S/C23H22F4N4O3/c1-14(30-7-4-23(26,27)19(12-30)16-2-5-31(33)6-3-16)22(32)29-20-13-34-21(28-20)10-15-8-17(24)11-18(25)9-15/h2-3,5-6,8-9,11,13-14,19H,4,7,10,12H2,1H3,(H,29,32)/t14-,19+/m0/s1. The number of alkyl halides is 2. The Morgan fingerprint density at radius 1 is 1.29 bits per heavy atom. The molecule has 11 heteroatoms. The van der Waals surface area contributed by atoms with E-state index < -0.39 is 41.8 Å². The van der Waals surface area contributed by atoms with Crippen molar-refractivity contribution in [1.29, 1.82) is 0 Å². The van der Waals surface area contributed by atoms with Gasteiger partial charge in [0, 0.05) is 44.1 Å². The number of oxazole rings is 1. The summed E-state index contributed by atoms with van der Waals surface area (Å²) in [7, 11) is 0. The van der Waals surface area contributed by atoms with E-state index in [2.05, 4.69) is 10.3 Å².